The predicted molar refractivity (Wildman–Crippen MR) is 51.8 cm³/mol. The number of aromatic nitrogens is 4. The van der Waals surface area contributed by atoms with Crippen LogP contribution in [0.1, 0.15) is 0 Å². The normalized spacial score (nSPS) is 10.9. The molecule has 2 heterocycles. The van der Waals surface area contributed by atoms with E-state index in [4.69, 9.17) is 0 Å². The highest BCUT2D eigenvalue weighted by Crippen LogP contribution is 2.22. The third-order valence-corrected chi connectivity index (χ3v) is 2.16. The maximum atomic E-state index is 4.14. The standard InChI is InChI=1S/C10H6N4/c1-2-4-8-7(3-1)5-6-11-10-9(8)12-14-13-10/h1-6H. The summed E-state index contributed by atoms with van der Waals surface area (Å²) in [5, 5.41) is 13.5. The highest BCUT2D eigenvalue weighted by atomic mass is 15.4. The number of nitrogens with zero attached hydrogens (tertiary/aromatic N) is 4. The average molecular weight is 182 g/mol. The number of rotatable bonds is 0. The van der Waals surface area contributed by atoms with E-state index in [0.717, 1.165) is 16.5 Å². The van der Waals surface area contributed by atoms with Gasteiger partial charge in [-0.3, -0.25) is 0 Å². The molecule has 0 fully saturated rings. The molecule has 0 bridgehead atoms. The van der Waals surface area contributed by atoms with Gasteiger partial charge in [-0.05, 0) is 16.7 Å². The van der Waals surface area contributed by atoms with Gasteiger partial charge in [0.05, 0.1) is 0 Å². The summed E-state index contributed by atoms with van der Waals surface area (Å²) in [5.74, 6) is 0.589. The van der Waals surface area contributed by atoms with E-state index in [1.165, 1.54) is 0 Å². The van der Waals surface area contributed by atoms with Crippen LogP contribution < -0.4 is 0 Å². The monoisotopic (exact) mass is 182 g/mol. The number of benzene rings is 1. The number of fused-ring (bicyclic) bond motifs is 3. The lowest BCUT2D eigenvalue weighted by Gasteiger charge is -1.91. The Morgan fingerprint density at radius 1 is 0.929 bits per heavy atom. The first-order chi connectivity index (χ1) is 6.95. The molecule has 1 aromatic carbocycles. The fourth-order valence-corrected chi connectivity index (χ4v) is 1.51. The average Bonchev–Trinajstić information content (AvgIpc) is 2.61. The Morgan fingerprint density at radius 2 is 1.86 bits per heavy atom. The molecule has 4 nitrogen and oxygen atoms in total. The van der Waals surface area contributed by atoms with Gasteiger partial charge in [-0.1, -0.05) is 24.3 Å². The first-order valence-corrected chi connectivity index (χ1v) is 4.28. The Hall–Kier alpha value is -2.10. The molecular formula is C10H6N4. The zero-order valence-corrected chi connectivity index (χ0v) is 7.25. The van der Waals surface area contributed by atoms with Crippen molar-refractivity contribution >= 4 is 10.8 Å². The molecule has 0 amide bonds. The molecule has 0 N–H and O–H groups in total. The molecule has 4 heteroatoms. The maximum Gasteiger partial charge on any atom is 0.204 e. The molecule has 0 unspecified atom stereocenters. The summed E-state index contributed by atoms with van der Waals surface area (Å²) < 4.78 is 0. The molecule has 14 heavy (non-hydrogen) atoms. The van der Waals surface area contributed by atoms with Crippen molar-refractivity contribution in [2.45, 2.75) is 0 Å². The van der Waals surface area contributed by atoms with E-state index in [1.807, 2.05) is 30.3 Å². The van der Waals surface area contributed by atoms with E-state index in [-0.39, 0.29) is 0 Å². The third kappa shape index (κ3) is 0.939. The molecule has 0 aliphatic carbocycles. The Kier molecular flexibility index (Phi) is 1.41. The Labute approximate surface area is 80.0 Å². The second-order valence-electron chi connectivity index (χ2n) is 2.99. The van der Waals surface area contributed by atoms with Gasteiger partial charge in [0.15, 0.2) is 0 Å². The van der Waals surface area contributed by atoms with Gasteiger partial charge >= 0.3 is 0 Å². The highest BCUT2D eigenvalue weighted by molar-refractivity contribution is 5.92. The van der Waals surface area contributed by atoms with Crippen molar-refractivity contribution in [1.82, 2.24) is 20.4 Å². The predicted octanol–water partition coefficient (Wildman–Crippen LogP) is 1.52. The van der Waals surface area contributed by atoms with Crippen molar-refractivity contribution < 1.29 is 0 Å². The zero-order valence-electron chi connectivity index (χ0n) is 7.25. The van der Waals surface area contributed by atoms with E-state index >= 15 is 0 Å². The molecule has 0 saturated carbocycles. The Bertz CT molecular complexity index is 564. The van der Waals surface area contributed by atoms with Gasteiger partial charge in [-0.2, -0.15) is 0 Å². The van der Waals surface area contributed by atoms with Crippen LogP contribution in [0.4, 0.5) is 0 Å². The SMILES string of the molecule is c1ccc2c3nnnc-3nccc2c1. The van der Waals surface area contributed by atoms with E-state index in [1.54, 1.807) is 6.20 Å². The van der Waals surface area contributed by atoms with Crippen LogP contribution in [0.15, 0.2) is 36.5 Å². The second-order valence-corrected chi connectivity index (χ2v) is 2.99. The van der Waals surface area contributed by atoms with Crippen LogP contribution in [0.3, 0.4) is 0 Å². The van der Waals surface area contributed by atoms with Gasteiger partial charge in [0.25, 0.3) is 0 Å². The van der Waals surface area contributed by atoms with Crippen molar-refractivity contribution in [3.63, 3.8) is 0 Å². The number of hydrogen-bond acceptors (Lipinski definition) is 4. The molecule has 0 saturated heterocycles. The van der Waals surface area contributed by atoms with Crippen LogP contribution in [-0.2, 0) is 0 Å². The van der Waals surface area contributed by atoms with Crippen molar-refractivity contribution in [2.24, 2.45) is 0 Å². The van der Waals surface area contributed by atoms with Crippen molar-refractivity contribution in [1.29, 1.82) is 0 Å². The molecule has 2 aliphatic heterocycles. The summed E-state index contributed by atoms with van der Waals surface area (Å²) in [7, 11) is 0. The summed E-state index contributed by atoms with van der Waals surface area (Å²) >= 11 is 0. The lowest BCUT2D eigenvalue weighted by molar-refractivity contribution is 0.946. The van der Waals surface area contributed by atoms with Gasteiger partial charge in [0.1, 0.15) is 5.69 Å². The summed E-state index contributed by atoms with van der Waals surface area (Å²) in [5.41, 5.74) is 0.755. The van der Waals surface area contributed by atoms with Crippen LogP contribution in [0, 0.1) is 0 Å². The van der Waals surface area contributed by atoms with E-state index in [0.29, 0.717) is 5.82 Å². The summed E-state index contributed by atoms with van der Waals surface area (Å²) in [6.45, 7) is 0. The van der Waals surface area contributed by atoms with Crippen molar-refractivity contribution in [2.75, 3.05) is 0 Å². The Balaban J connectivity index is 2.56. The smallest absolute Gasteiger partial charge is 0.204 e. The minimum atomic E-state index is 0.589. The van der Waals surface area contributed by atoms with E-state index in [2.05, 4.69) is 20.4 Å². The molecule has 3 rings (SSSR count). The molecule has 0 radical (unpaired) electrons. The molecule has 1 aromatic rings. The van der Waals surface area contributed by atoms with Gasteiger partial charge in [-0.25, -0.2) is 4.98 Å². The summed E-state index contributed by atoms with van der Waals surface area (Å²) in [4.78, 5) is 4.14. The van der Waals surface area contributed by atoms with Gasteiger partial charge in [-0.15, -0.1) is 10.2 Å². The maximum absolute atomic E-state index is 4.14. The minimum Gasteiger partial charge on any atom is -0.234 e. The quantitative estimate of drug-likeness (QED) is 0.529. The van der Waals surface area contributed by atoms with Crippen LogP contribution in [0.2, 0.25) is 0 Å². The highest BCUT2D eigenvalue weighted by Gasteiger charge is 2.09. The molecular weight excluding hydrogens is 176 g/mol. The fraction of sp³-hybridized carbons (Fsp3) is 0. The minimum absolute atomic E-state index is 0.589. The molecule has 66 valence electrons. The van der Waals surface area contributed by atoms with Crippen LogP contribution in [-0.4, -0.2) is 20.4 Å². The van der Waals surface area contributed by atoms with Crippen molar-refractivity contribution in [3.8, 4) is 11.5 Å². The Morgan fingerprint density at radius 3 is 2.86 bits per heavy atom. The molecule has 2 aliphatic rings. The lowest BCUT2D eigenvalue weighted by atomic mass is 10.1. The molecule has 0 spiro atoms. The van der Waals surface area contributed by atoms with Crippen LogP contribution >= 0.6 is 0 Å². The van der Waals surface area contributed by atoms with E-state index < -0.39 is 0 Å². The first kappa shape index (κ1) is 7.32. The van der Waals surface area contributed by atoms with Gasteiger partial charge < -0.3 is 0 Å². The number of hydrogen-bond donors (Lipinski definition) is 0. The zero-order chi connectivity index (χ0) is 9.38. The molecule has 0 aromatic heterocycles. The second kappa shape index (κ2) is 2.70. The van der Waals surface area contributed by atoms with Crippen molar-refractivity contribution in [3.05, 3.63) is 36.5 Å². The van der Waals surface area contributed by atoms with Crippen LogP contribution in [0.5, 0.6) is 0 Å². The largest absolute Gasteiger partial charge is 0.234 e. The fourth-order valence-electron chi connectivity index (χ4n) is 1.51. The molecule has 0 atom stereocenters. The third-order valence-electron chi connectivity index (χ3n) is 2.16. The van der Waals surface area contributed by atoms with E-state index in [9.17, 15) is 0 Å². The topological polar surface area (TPSA) is 51.6 Å². The van der Waals surface area contributed by atoms with Gasteiger partial charge in [0.2, 0.25) is 5.82 Å². The van der Waals surface area contributed by atoms with Crippen LogP contribution in [0.25, 0.3) is 22.3 Å². The summed E-state index contributed by atoms with van der Waals surface area (Å²) in [6, 6.07) is 9.91. The lowest BCUT2D eigenvalue weighted by Crippen LogP contribution is -1.78. The van der Waals surface area contributed by atoms with Gasteiger partial charge in [0, 0.05) is 11.6 Å². The first-order valence-electron chi connectivity index (χ1n) is 4.28. The summed E-state index contributed by atoms with van der Waals surface area (Å²) in [6.07, 6.45) is 1.72.